The van der Waals surface area contributed by atoms with Crippen LogP contribution >= 0.6 is 0 Å². The largest absolute Gasteiger partial charge is 0.370 e. The zero-order valence-electron chi connectivity index (χ0n) is 77.9. The first kappa shape index (κ1) is 114. The normalized spacial score (nSPS) is 14.5. The van der Waals surface area contributed by atoms with E-state index in [1.807, 2.05) is 24.3 Å². The smallest absolute Gasteiger partial charge is 0.243 e. The predicted molar refractivity (Wildman–Crippen MR) is 502 cm³/mol. The summed E-state index contributed by atoms with van der Waals surface area (Å²) in [6.45, 7) is 9.62. The molecule has 2 heterocycles. The van der Waals surface area contributed by atoms with Crippen molar-refractivity contribution in [2.24, 2.45) is 75.1 Å². The van der Waals surface area contributed by atoms with Crippen LogP contribution in [0.25, 0.3) is 10.9 Å². The summed E-state index contributed by atoms with van der Waals surface area (Å²) in [5.41, 5.74) is 58.8. The molecule has 2 aromatic heterocycles. The number of aromatic amines is 2. The van der Waals surface area contributed by atoms with Crippen molar-refractivity contribution in [1.29, 1.82) is 10.8 Å². The number of nitrogens with one attached hydrogen (secondary N) is 20. The van der Waals surface area contributed by atoms with Gasteiger partial charge in [0.15, 0.2) is 11.9 Å². The SMILES string of the molecule is CC[C@H](C)[C@H](NC(=O)[C@H](CCCNC(=N)N)NC(=O)[C@H](CC(N)=O)NC(=O)[C@H](Cc1ccccc1)NC(=O)[C@H](CC(C)C)NC(=O)[C@H](CCCCN)NC(=O)[C@H](Cc1c[nH]c2ccccc12)NC(=O)[C@@H](N)CCCCN)C(=O)NCC(=O)N[C@@H](Cc1c[nH]cn1)C(=O)N[C@@H](CC(N)=O)C(=O)N[C@@H](CCCNC(=N)N)C(=O)N[C@@H](CCCCN)C(=O)N[C@H](C(=O)N[C@@H](CC(N)=O)C(N)=O)C(C)C. The van der Waals surface area contributed by atoms with E-state index in [-0.39, 0.29) is 115 Å². The lowest BCUT2D eigenvalue weighted by Gasteiger charge is -2.29. The second-order valence-corrected chi connectivity index (χ2v) is 34.0. The molecule has 0 unspecified atom stereocenters. The van der Waals surface area contributed by atoms with E-state index in [1.54, 1.807) is 78.1 Å². The molecular weight excluding hydrogens is 1770 g/mol. The van der Waals surface area contributed by atoms with Crippen LogP contribution in [0.5, 0.6) is 0 Å². The summed E-state index contributed by atoms with van der Waals surface area (Å²) < 4.78 is 0. The third-order valence-corrected chi connectivity index (χ3v) is 21.9. The van der Waals surface area contributed by atoms with Crippen molar-refractivity contribution in [2.45, 2.75) is 261 Å². The highest BCUT2D eigenvalue weighted by Gasteiger charge is 2.40. The van der Waals surface area contributed by atoms with E-state index in [2.05, 4.69) is 100 Å². The van der Waals surface area contributed by atoms with E-state index in [9.17, 15) is 86.3 Å². The van der Waals surface area contributed by atoms with Gasteiger partial charge in [0, 0.05) is 55.6 Å². The Hall–Kier alpha value is -14.0. The number of hydrogen-bond acceptors (Lipinski definition) is 25. The van der Waals surface area contributed by atoms with Crippen LogP contribution in [0.15, 0.2) is 73.3 Å². The van der Waals surface area contributed by atoms with Gasteiger partial charge in [0.05, 0.1) is 43.9 Å². The Kier molecular flexibility index (Phi) is 50.7. The number of carbonyl (C=O) groups is 18. The van der Waals surface area contributed by atoms with Crippen LogP contribution < -0.4 is 142 Å². The number of imidazole rings is 1. The number of fused-ring (bicyclic) bond motifs is 1. The van der Waals surface area contributed by atoms with E-state index >= 15 is 0 Å². The van der Waals surface area contributed by atoms with Crippen molar-refractivity contribution in [1.82, 2.24) is 100 Å². The zero-order valence-corrected chi connectivity index (χ0v) is 77.9. The minimum absolute atomic E-state index is 0.00104. The van der Waals surface area contributed by atoms with Crippen LogP contribution in [0.3, 0.4) is 0 Å². The number of benzene rings is 2. The molecule has 0 aliphatic carbocycles. The molecule has 49 nitrogen and oxygen atoms in total. The fourth-order valence-corrected chi connectivity index (χ4v) is 14.3. The first-order chi connectivity index (χ1) is 64.5. The van der Waals surface area contributed by atoms with Gasteiger partial charge in [-0.15, -0.1) is 0 Å². The molecule has 2 aromatic carbocycles. The van der Waals surface area contributed by atoms with Crippen LogP contribution in [0, 0.1) is 28.6 Å². The molecule has 4 rings (SSSR count). The van der Waals surface area contributed by atoms with Gasteiger partial charge < -0.3 is 152 Å². The number of guanidine groups is 2. The molecule has 0 radical (unpaired) electrons. The number of carbonyl (C=O) groups excluding carboxylic acids is 18. The van der Waals surface area contributed by atoms with Gasteiger partial charge in [0.1, 0.15) is 78.5 Å². The lowest BCUT2D eigenvalue weighted by Crippen LogP contribution is -2.61. The molecular formula is C87H141N31O18. The number of primary amides is 4. The summed E-state index contributed by atoms with van der Waals surface area (Å²) in [5.74, 6) is -20.6. The Bertz CT molecular complexity index is 4650. The lowest BCUT2D eigenvalue weighted by atomic mass is 9.97. The Balaban J connectivity index is 1.63. The van der Waals surface area contributed by atoms with E-state index in [0.717, 1.165) is 10.9 Å². The van der Waals surface area contributed by atoms with Crippen molar-refractivity contribution in [3.05, 3.63) is 90.1 Å². The molecule has 49 heteroatoms. The van der Waals surface area contributed by atoms with Crippen molar-refractivity contribution in [3.8, 4) is 0 Å². The predicted octanol–water partition coefficient (Wildman–Crippen LogP) is -7.56. The van der Waals surface area contributed by atoms with Crippen molar-refractivity contribution in [3.63, 3.8) is 0 Å². The first-order valence-corrected chi connectivity index (χ1v) is 45.4. The van der Waals surface area contributed by atoms with Gasteiger partial charge in [-0.05, 0) is 138 Å². The van der Waals surface area contributed by atoms with E-state index in [1.165, 1.54) is 12.5 Å². The molecule has 0 bridgehead atoms. The van der Waals surface area contributed by atoms with Crippen molar-refractivity contribution >= 4 is 129 Å². The summed E-state index contributed by atoms with van der Waals surface area (Å²) in [4.78, 5) is 262. The van der Waals surface area contributed by atoms with Crippen molar-refractivity contribution < 1.29 is 86.3 Å². The van der Waals surface area contributed by atoms with E-state index < -0.39 is 247 Å². The Morgan fingerprint density at radius 2 is 0.787 bits per heavy atom. The molecule has 4 aromatic rings. The van der Waals surface area contributed by atoms with Crippen molar-refractivity contribution in [2.75, 3.05) is 39.3 Å². The maximum Gasteiger partial charge on any atom is 0.243 e. The highest BCUT2D eigenvalue weighted by atomic mass is 16.2. The minimum atomic E-state index is -1.91. The van der Waals surface area contributed by atoms with Crippen LogP contribution in [-0.2, 0) is 106 Å². The average molecular weight is 1910 g/mol. The van der Waals surface area contributed by atoms with E-state index in [0.29, 0.717) is 49.8 Å². The topological polar surface area (TPSA) is 852 Å². The summed E-state index contributed by atoms with van der Waals surface area (Å²) in [6.07, 6.45) is 3.36. The van der Waals surface area contributed by atoms with Crippen LogP contribution in [0.2, 0.25) is 0 Å². The molecule has 0 saturated heterocycles. The molecule has 0 spiro atoms. The van der Waals surface area contributed by atoms with Gasteiger partial charge in [-0.2, -0.15) is 0 Å². The molecule has 136 heavy (non-hydrogen) atoms. The van der Waals surface area contributed by atoms with Crippen LogP contribution in [0.1, 0.15) is 174 Å². The standard InChI is InChI=1S/C87H141N31O18/c1-7-48(6)71(84(135)104-44-69(122)106-63(38-51-43-100-45-105-51)81(132)116-65(41-68(94)121)82(133)109-57(28-19-33-101-86(96)97)74(125)107-56(27-15-18-32-90)76(127)117-70(47(4)5)85(136)111-59(72(95)123)39-66(92)119)118-77(128)58(29-20-34-102-87(98)99)110-83(134)64(40-67(93)120)115-79(130)61(36-49-21-9-8-10-22-49)114-78(129)60(35-46(2)3)113-75(126)55(26-14-17-31-89)108-80(131)62(112-73(124)53(91)24-13-16-30-88)37-50-42-103-54-25-12-11-23-52(50)54/h8-12,21-23,25,42-43,45-48,53,55-65,70-71,103H,7,13-20,24,26-41,44,88-91H2,1-6H3,(H2,92,119)(H2,93,120)(H2,94,121)(H2,95,123)(H,100,105)(H,104,135)(H,106,122)(H,107,125)(H,108,131)(H,109,133)(H,110,134)(H,111,136)(H,112,124)(H,113,126)(H,114,129)(H,115,130)(H,116,132)(H,117,127)(H,118,128)(H4,96,97,101)(H4,98,99,102)/t48-,53-,55-,56-,57-,58-,59-,60-,61-,62-,63-,64-,65-,70-,71-/m0/s1. The van der Waals surface area contributed by atoms with Gasteiger partial charge in [-0.3, -0.25) is 97.1 Å². The summed E-state index contributed by atoms with van der Waals surface area (Å²) in [5, 5.41) is 57.2. The molecule has 0 aliphatic heterocycles. The van der Waals surface area contributed by atoms with Gasteiger partial charge in [-0.1, -0.05) is 103 Å². The number of para-hydroxylation sites is 1. The van der Waals surface area contributed by atoms with Gasteiger partial charge >= 0.3 is 0 Å². The first-order valence-electron chi connectivity index (χ1n) is 45.4. The van der Waals surface area contributed by atoms with E-state index in [4.69, 9.17) is 68.2 Å². The number of H-pyrrole nitrogens is 2. The summed E-state index contributed by atoms with van der Waals surface area (Å²) >= 11 is 0. The maximum atomic E-state index is 15.0. The number of aromatic nitrogens is 3. The minimum Gasteiger partial charge on any atom is -0.370 e. The molecule has 0 fully saturated rings. The van der Waals surface area contributed by atoms with Crippen LogP contribution in [-0.4, -0.2) is 257 Å². The highest BCUT2D eigenvalue weighted by molar-refractivity contribution is 6.02. The number of unbranched alkanes of at least 4 members (excludes halogenated alkanes) is 3. The number of amides is 18. The van der Waals surface area contributed by atoms with Crippen LogP contribution in [0.4, 0.5) is 0 Å². The quantitative estimate of drug-likeness (QED) is 0.0111. The summed E-state index contributed by atoms with van der Waals surface area (Å²) in [6, 6.07) is -5.66. The fourth-order valence-electron chi connectivity index (χ4n) is 14.3. The molecule has 15 atom stereocenters. The maximum absolute atomic E-state index is 15.0. The average Bonchev–Trinajstić information content (AvgIpc) is 1.67. The van der Waals surface area contributed by atoms with Gasteiger partial charge in [-0.25, -0.2) is 4.98 Å². The second kappa shape index (κ2) is 60.3. The number of hydrogen-bond donors (Lipinski definition) is 30. The Labute approximate surface area is 788 Å². The molecule has 0 saturated carbocycles. The van der Waals surface area contributed by atoms with Gasteiger partial charge in [0.2, 0.25) is 106 Å². The zero-order chi connectivity index (χ0) is 101. The molecule has 0 aliphatic rings. The monoisotopic (exact) mass is 1910 g/mol. The Morgan fingerprint density at radius 3 is 1.24 bits per heavy atom. The third kappa shape index (κ3) is 42.1. The second-order valence-electron chi connectivity index (χ2n) is 34.0. The molecule has 40 N–H and O–H groups in total. The van der Waals surface area contributed by atoms with Gasteiger partial charge in [0.25, 0.3) is 0 Å². The lowest BCUT2D eigenvalue weighted by molar-refractivity contribution is -0.137. The third-order valence-electron chi connectivity index (χ3n) is 21.9. The number of nitrogens with zero attached hydrogens (tertiary/aromatic N) is 1. The fraction of sp³-hybridized carbons (Fsp3) is 0.575. The number of nitrogens with two attached hydrogens (primary N) is 10. The number of rotatable bonds is 66. The molecule has 752 valence electrons. The summed E-state index contributed by atoms with van der Waals surface area (Å²) in [7, 11) is 0. The molecule has 18 amide bonds. The Morgan fingerprint density at radius 1 is 0.390 bits per heavy atom. The highest BCUT2D eigenvalue weighted by Crippen LogP contribution is 2.21.